The zero-order valence-corrected chi connectivity index (χ0v) is 40.3. The van der Waals surface area contributed by atoms with Crippen molar-refractivity contribution in [1.82, 2.24) is 0 Å². The van der Waals surface area contributed by atoms with E-state index in [1.165, 1.54) is 57.8 Å². The molecule has 1 atom stereocenters. The molecule has 0 aliphatic carbocycles. The Morgan fingerprint density at radius 3 is 1.19 bits per heavy atom. The number of carbonyl (C=O) groups excluding carboxylic acids is 2. The topological polar surface area (TPSA) is 61.8 Å². The van der Waals surface area contributed by atoms with E-state index >= 15 is 0 Å². The van der Waals surface area contributed by atoms with Gasteiger partial charge in [0.2, 0.25) is 0 Å². The van der Waals surface area contributed by atoms with E-state index < -0.39 is 6.10 Å². The van der Waals surface area contributed by atoms with E-state index in [2.05, 4.69) is 130 Å². The Hall–Kier alpha value is -3.44. The molecular formula is C57H94O5. The van der Waals surface area contributed by atoms with Crippen LogP contribution in [0, 0.1) is 0 Å². The highest BCUT2D eigenvalue weighted by molar-refractivity contribution is 5.70. The molecule has 0 saturated carbocycles. The van der Waals surface area contributed by atoms with Crippen molar-refractivity contribution in [2.24, 2.45) is 0 Å². The van der Waals surface area contributed by atoms with Gasteiger partial charge in [0.1, 0.15) is 6.61 Å². The minimum Gasteiger partial charge on any atom is -0.462 e. The van der Waals surface area contributed by atoms with Gasteiger partial charge < -0.3 is 14.2 Å². The van der Waals surface area contributed by atoms with Crippen molar-refractivity contribution in [3.63, 3.8) is 0 Å². The summed E-state index contributed by atoms with van der Waals surface area (Å²) in [7, 11) is 0. The molecule has 0 spiro atoms. The van der Waals surface area contributed by atoms with Crippen LogP contribution in [-0.4, -0.2) is 37.9 Å². The van der Waals surface area contributed by atoms with Gasteiger partial charge in [0, 0.05) is 19.4 Å². The smallest absolute Gasteiger partial charge is 0.306 e. The second-order valence-electron chi connectivity index (χ2n) is 16.3. The molecule has 5 nitrogen and oxygen atoms in total. The van der Waals surface area contributed by atoms with Crippen molar-refractivity contribution < 1.29 is 23.8 Å². The van der Waals surface area contributed by atoms with Gasteiger partial charge in [-0.05, 0) is 122 Å². The molecule has 0 radical (unpaired) electrons. The Morgan fingerprint density at radius 1 is 0.371 bits per heavy atom. The second kappa shape index (κ2) is 51.9. The first kappa shape index (κ1) is 58.6. The summed E-state index contributed by atoms with van der Waals surface area (Å²) in [6.07, 6.45) is 71.0. The number of esters is 2. The number of unbranched alkanes of at least 4 members (excludes halogenated alkanes) is 16. The summed E-state index contributed by atoms with van der Waals surface area (Å²) in [4.78, 5) is 25.4. The molecule has 0 aromatic heterocycles. The van der Waals surface area contributed by atoms with Gasteiger partial charge in [-0.25, -0.2) is 0 Å². The van der Waals surface area contributed by atoms with Crippen molar-refractivity contribution in [3.05, 3.63) is 109 Å². The van der Waals surface area contributed by atoms with E-state index in [1.807, 2.05) is 0 Å². The standard InChI is InChI=1S/C57H94O5/c1-4-7-10-13-16-19-22-25-28-29-31-32-35-38-41-44-47-50-56(58)61-54-55(53-60-52-49-46-43-40-37-34-27-24-21-18-15-12-9-6-3)62-57(59)51-48-45-42-39-36-33-30-26-23-20-17-14-11-8-5-2/h8-9,11-12,16-21,25-28,30,34,36,39,55H,4-7,10,13-15,22-24,29,31-33,35,37-38,40-54H2,1-3H3/b11-8-,12-9-,19-16-,20-17-,21-18-,28-25-,30-26-,34-27-,39-36-. The van der Waals surface area contributed by atoms with E-state index in [-0.39, 0.29) is 25.2 Å². The Morgan fingerprint density at radius 2 is 0.726 bits per heavy atom. The summed E-state index contributed by atoms with van der Waals surface area (Å²) in [5.74, 6) is -0.473. The van der Waals surface area contributed by atoms with Gasteiger partial charge in [-0.1, -0.05) is 188 Å². The Labute approximate surface area is 383 Å². The van der Waals surface area contributed by atoms with Crippen molar-refractivity contribution >= 4 is 11.9 Å². The number of rotatable bonds is 45. The van der Waals surface area contributed by atoms with Crippen LogP contribution in [0.25, 0.3) is 0 Å². The summed E-state index contributed by atoms with van der Waals surface area (Å²) in [5.41, 5.74) is 0. The second-order valence-corrected chi connectivity index (χ2v) is 16.3. The molecule has 0 N–H and O–H groups in total. The van der Waals surface area contributed by atoms with E-state index in [4.69, 9.17) is 14.2 Å². The van der Waals surface area contributed by atoms with Crippen molar-refractivity contribution in [1.29, 1.82) is 0 Å². The minimum absolute atomic E-state index is 0.0488. The lowest BCUT2D eigenvalue weighted by Crippen LogP contribution is -2.30. The lowest BCUT2D eigenvalue weighted by Gasteiger charge is -2.18. The van der Waals surface area contributed by atoms with E-state index in [0.717, 1.165) is 122 Å². The normalized spacial score (nSPS) is 13.1. The predicted octanol–water partition coefficient (Wildman–Crippen LogP) is 17.2. The highest BCUT2D eigenvalue weighted by atomic mass is 16.6. The number of hydrogen-bond donors (Lipinski definition) is 0. The van der Waals surface area contributed by atoms with Crippen LogP contribution in [-0.2, 0) is 23.8 Å². The van der Waals surface area contributed by atoms with Crippen LogP contribution in [0.15, 0.2) is 109 Å². The van der Waals surface area contributed by atoms with E-state index in [1.54, 1.807) is 0 Å². The van der Waals surface area contributed by atoms with Crippen LogP contribution in [0.3, 0.4) is 0 Å². The minimum atomic E-state index is -0.579. The molecule has 0 amide bonds. The van der Waals surface area contributed by atoms with Gasteiger partial charge in [-0.15, -0.1) is 0 Å². The molecule has 0 bridgehead atoms. The lowest BCUT2D eigenvalue weighted by molar-refractivity contribution is -0.163. The van der Waals surface area contributed by atoms with Gasteiger partial charge in [0.15, 0.2) is 6.10 Å². The summed E-state index contributed by atoms with van der Waals surface area (Å²) in [5, 5.41) is 0. The van der Waals surface area contributed by atoms with Crippen LogP contribution in [0.1, 0.15) is 213 Å². The quantitative estimate of drug-likeness (QED) is 0.0347. The van der Waals surface area contributed by atoms with Crippen LogP contribution in [0.2, 0.25) is 0 Å². The van der Waals surface area contributed by atoms with Crippen molar-refractivity contribution in [2.45, 2.75) is 219 Å². The Bertz CT molecular complexity index is 1250. The largest absolute Gasteiger partial charge is 0.462 e. The molecule has 0 rings (SSSR count). The van der Waals surface area contributed by atoms with E-state index in [0.29, 0.717) is 19.4 Å². The third kappa shape index (κ3) is 49.2. The van der Waals surface area contributed by atoms with Crippen LogP contribution < -0.4 is 0 Å². The van der Waals surface area contributed by atoms with Crippen LogP contribution >= 0.6 is 0 Å². The molecule has 0 fully saturated rings. The molecule has 0 aromatic carbocycles. The van der Waals surface area contributed by atoms with Crippen molar-refractivity contribution in [2.75, 3.05) is 19.8 Å². The molecule has 5 heteroatoms. The van der Waals surface area contributed by atoms with Gasteiger partial charge in [-0.3, -0.25) is 9.59 Å². The fourth-order valence-electron chi connectivity index (χ4n) is 6.54. The zero-order valence-electron chi connectivity index (χ0n) is 40.3. The number of ether oxygens (including phenoxy) is 3. The molecule has 352 valence electrons. The molecule has 0 saturated heterocycles. The van der Waals surface area contributed by atoms with Gasteiger partial charge in [-0.2, -0.15) is 0 Å². The summed E-state index contributed by atoms with van der Waals surface area (Å²) in [6, 6.07) is 0. The third-order valence-electron chi connectivity index (χ3n) is 10.3. The Balaban J connectivity index is 4.40. The molecule has 0 aliphatic rings. The highest BCUT2D eigenvalue weighted by Crippen LogP contribution is 2.12. The number of allylic oxidation sites excluding steroid dienone is 18. The third-order valence-corrected chi connectivity index (χ3v) is 10.3. The molecular weight excluding hydrogens is 765 g/mol. The maximum atomic E-state index is 12.8. The fourth-order valence-corrected chi connectivity index (χ4v) is 6.54. The first-order chi connectivity index (χ1) is 30.6. The molecule has 1 unspecified atom stereocenters. The molecule has 0 heterocycles. The monoisotopic (exact) mass is 859 g/mol. The summed E-state index contributed by atoms with van der Waals surface area (Å²) >= 11 is 0. The highest BCUT2D eigenvalue weighted by Gasteiger charge is 2.17. The first-order valence-electron chi connectivity index (χ1n) is 25.4. The lowest BCUT2D eigenvalue weighted by atomic mass is 10.1. The number of hydrogen-bond acceptors (Lipinski definition) is 5. The molecule has 62 heavy (non-hydrogen) atoms. The van der Waals surface area contributed by atoms with Gasteiger partial charge in [0.25, 0.3) is 0 Å². The average Bonchev–Trinajstić information content (AvgIpc) is 3.27. The predicted molar refractivity (Wildman–Crippen MR) is 269 cm³/mol. The maximum absolute atomic E-state index is 12.8. The van der Waals surface area contributed by atoms with Crippen molar-refractivity contribution in [3.8, 4) is 0 Å². The van der Waals surface area contributed by atoms with Crippen LogP contribution in [0.5, 0.6) is 0 Å². The Kier molecular flexibility index (Phi) is 49.0. The average molecular weight is 859 g/mol. The SMILES string of the molecule is CC/C=C\C/C=C\C/C=C\C/C=C\CCCCC(=O)OC(COCCCCCC/C=C\C/C=C\C/C=C\CC)COC(=O)CCCCCCCCC/C=C\C/C=C\CCCCC. The van der Waals surface area contributed by atoms with Gasteiger partial charge in [0.05, 0.1) is 6.61 Å². The number of carbonyl (C=O) groups is 2. The summed E-state index contributed by atoms with van der Waals surface area (Å²) in [6.45, 7) is 7.46. The first-order valence-corrected chi connectivity index (χ1v) is 25.4. The zero-order chi connectivity index (χ0) is 44.9. The molecule has 0 aliphatic heterocycles. The maximum Gasteiger partial charge on any atom is 0.306 e. The van der Waals surface area contributed by atoms with Gasteiger partial charge >= 0.3 is 11.9 Å². The van der Waals surface area contributed by atoms with E-state index in [9.17, 15) is 9.59 Å². The fraction of sp³-hybridized carbons (Fsp3) is 0.649. The van der Waals surface area contributed by atoms with Crippen LogP contribution in [0.4, 0.5) is 0 Å². The summed E-state index contributed by atoms with van der Waals surface area (Å²) < 4.78 is 17.3. The molecule has 0 aromatic rings.